The minimum atomic E-state index is -0.0740. The van der Waals surface area contributed by atoms with Crippen molar-refractivity contribution in [3.8, 4) is 12.3 Å². The van der Waals surface area contributed by atoms with Crippen LogP contribution in [0, 0.1) is 12.3 Å². The molecule has 86 valence electrons. The van der Waals surface area contributed by atoms with Gasteiger partial charge in [0.15, 0.2) is 0 Å². The summed E-state index contributed by atoms with van der Waals surface area (Å²) in [6.45, 7) is 1.90. The number of terminal acetylenes is 1. The zero-order valence-corrected chi connectivity index (χ0v) is 9.49. The Balaban J connectivity index is 2.22. The number of rotatable bonds is 6. The first kappa shape index (κ1) is 12.3. The molecule has 1 aromatic heterocycles. The fourth-order valence-electron chi connectivity index (χ4n) is 1.41. The van der Waals surface area contributed by atoms with Crippen LogP contribution in [-0.2, 0) is 4.79 Å². The molecule has 0 saturated heterocycles. The summed E-state index contributed by atoms with van der Waals surface area (Å²) in [5, 5.41) is 2.87. The van der Waals surface area contributed by atoms with Gasteiger partial charge in [-0.25, -0.2) is 4.98 Å². The Bertz CT molecular complexity index is 351. The van der Waals surface area contributed by atoms with Crippen LogP contribution in [-0.4, -0.2) is 15.9 Å². The Morgan fingerprint density at radius 1 is 1.69 bits per heavy atom. The van der Waals surface area contributed by atoms with Gasteiger partial charge in [-0.3, -0.25) is 4.79 Å². The van der Waals surface area contributed by atoms with Gasteiger partial charge in [-0.2, -0.15) is 0 Å². The van der Waals surface area contributed by atoms with Gasteiger partial charge in [-0.1, -0.05) is 0 Å². The minimum absolute atomic E-state index is 0.0425. The van der Waals surface area contributed by atoms with Gasteiger partial charge < -0.3 is 10.3 Å². The maximum Gasteiger partial charge on any atom is 0.220 e. The van der Waals surface area contributed by atoms with E-state index in [0.29, 0.717) is 6.42 Å². The van der Waals surface area contributed by atoms with E-state index in [1.54, 1.807) is 12.4 Å². The summed E-state index contributed by atoms with van der Waals surface area (Å²) in [5.74, 6) is 3.38. The molecule has 0 spiro atoms. The number of carbonyl (C=O) groups excluding carboxylic acids is 1. The molecule has 1 unspecified atom stereocenters. The van der Waals surface area contributed by atoms with Gasteiger partial charge in [-0.05, 0) is 19.8 Å². The lowest BCUT2D eigenvalue weighted by molar-refractivity contribution is -0.121. The molecule has 1 atom stereocenters. The highest BCUT2D eigenvalue weighted by molar-refractivity contribution is 5.76. The van der Waals surface area contributed by atoms with Gasteiger partial charge in [0.05, 0.1) is 6.04 Å². The molecule has 4 nitrogen and oxygen atoms in total. The second-order valence-electron chi connectivity index (χ2n) is 3.67. The third-order valence-corrected chi connectivity index (χ3v) is 2.28. The van der Waals surface area contributed by atoms with E-state index in [9.17, 15) is 4.79 Å². The highest BCUT2D eigenvalue weighted by Gasteiger charge is 2.10. The molecule has 0 bridgehead atoms. The van der Waals surface area contributed by atoms with Crippen molar-refractivity contribution in [1.29, 1.82) is 0 Å². The van der Waals surface area contributed by atoms with Crippen molar-refractivity contribution in [2.24, 2.45) is 0 Å². The standard InChI is InChI=1S/C12H17N3O/c1-3-4-5-6-7-11(16)15-10(2)12-13-8-9-14-12/h1,8-10H,4-7H2,2H3,(H,13,14)(H,15,16). The third kappa shape index (κ3) is 4.18. The molecule has 0 aliphatic carbocycles. The first-order valence-corrected chi connectivity index (χ1v) is 5.46. The molecule has 0 aliphatic heterocycles. The quantitative estimate of drug-likeness (QED) is 0.566. The van der Waals surface area contributed by atoms with Crippen molar-refractivity contribution < 1.29 is 4.79 Å². The van der Waals surface area contributed by atoms with Gasteiger partial charge in [-0.15, -0.1) is 12.3 Å². The minimum Gasteiger partial charge on any atom is -0.347 e. The molecule has 1 aromatic rings. The normalized spacial score (nSPS) is 11.8. The molecule has 1 amide bonds. The van der Waals surface area contributed by atoms with Gasteiger partial charge in [0.1, 0.15) is 5.82 Å². The Morgan fingerprint density at radius 2 is 2.50 bits per heavy atom. The van der Waals surface area contributed by atoms with Crippen LogP contribution in [0.3, 0.4) is 0 Å². The summed E-state index contributed by atoms with van der Waals surface area (Å²) in [4.78, 5) is 18.6. The maximum absolute atomic E-state index is 11.5. The number of imidazole rings is 1. The number of aromatic amines is 1. The van der Waals surface area contributed by atoms with E-state index in [1.807, 2.05) is 6.92 Å². The van der Waals surface area contributed by atoms with E-state index in [0.717, 1.165) is 25.1 Å². The van der Waals surface area contributed by atoms with Crippen LogP contribution in [0.2, 0.25) is 0 Å². The fraction of sp³-hybridized carbons (Fsp3) is 0.500. The first-order valence-electron chi connectivity index (χ1n) is 5.46. The Kier molecular flexibility index (Phi) is 5.13. The van der Waals surface area contributed by atoms with Crippen LogP contribution >= 0.6 is 0 Å². The molecule has 0 radical (unpaired) electrons. The summed E-state index contributed by atoms with van der Waals surface area (Å²) >= 11 is 0. The lowest BCUT2D eigenvalue weighted by atomic mass is 10.2. The largest absolute Gasteiger partial charge is 0.347 e. The van der Waals surface area contributed by atoms with Crippen LogP contribution in [0.15, 0.2) is 12.4 Å². The molecule has 1 rings (SSSR count). The van der Waals surface area contributed by atoms with Crippen molar-refractivity contribution in [3.05, 3.63) is 18.2 Å². The SMILES string of the molecule is C#CCCCCC(=O)NC(C)c1ncc[nH]1. The van der Waals surface area contributed by atoms with Crippen molar-refractivity contribution in [2.45, 2.75) is 38.6 Å². The topological polar surface area (TPSA) is 57.8 Å². The maximum atomic E-state index is 11.5. The van der Waals surface area contributed by atoms with Crippen molar-refractivity contribution >= 4 is 5.91 Å². The first-order chi connectivity index (χ1) is 7.74. The number of aromatic nitrogens is 2. The average molecular weight is 219 g/mol. The lowest BCUT2D eigenvalue weighted by Crippen LogP contribution is -2.26. The number of nitrogens with zero attached hydrogens (tertiary/aromatic N) is 1. The molecule has 0 aliphatic rings. The number of amides is 1. The number of hydrogen-bond donors (Lipinski definition) is 2. The smallest absolute Gasteiger partial charge is 0.220 e. The van der Waals surface area contributed by atoms with Crippen molar-refractivity contribution in [3.63, 3.8) is 0 Å². The molecule has 16 heavy (non-hydrogen) atoms. The summed E-state index contributed by atoms with van der Waals surface area (Å²) in [6.07, 6.45) is 11.5. The monoisotopic (exact) mass is 219 g/mol. The molecular weight excluding hydrogens is 202 g/mol. The average Bonchev–Trinajstić information content (AvgIpc) is 2.77. The highest BCUT2D eigenvalue weighted by Crippen LogP contribution is 2.06. The van der Waals surface area contributed by atoms with Crippen molar-refractivity contribution in [1.82, 2.24) is 15.3 Å². The summed E-state index contributed by atoms with van der Waals surface area (Å²) in [5.41, 5.74) is 0. The number of unbranched alkanes of at least 4 members (excludes halogenated alkanes) is 2. The molecule has 0 aromatic carbocycles. The second-order valence-corrected chi connectivity index (χ2v) is 3.67. The van der Waals surface area contributed by atoms with Crippen LogP contribution < -0.4 is 5.32 Å². The second kappa shape index (κ2) is 6.67. The Morgan fingerprint density at radius 3 is 3.12 bits per heavy atom. The number of nitrogens with one attached hydrogen (secondary N) is 2. The molecule has 2 N–H and O–H groups in total. The van der Waals surface area contributed by atoms with Gasteiger partial charge in [0, 0.05) is 25.2 Å². The summed E-state index contributed by atoms with van der Waals surface area (Å²) in [6, 6.07) is -0.0740. The molecule has 0 saturated carbocycles. The van der Waals surface area contributed by atoms with E-state index in [1.165, 1.54) is 0 Å². The fourth-order valence-corrected chi connectivity index (χ4v) is 1.41. The van der Waals surface area contributed by atoms with Crippen LogP contribution in [0.5, 0.6) is 0 Å². The third-order valence-electron chi connectivity index (χ3n) is 2.28. The molecule has 1 heterocycles. The number of carbonyl (C=O) groups is 1. The lowest BCUT2D eigenvalue weighted by Gasteiger charge is -2.10. The number of H-pyrrole nitrogens is 1. The number of hydrogen-bond acceptors (Lipinski definition) is 2. The van der Waals surface area contributed by atoms with Crippen molar-refractivity contribution in [2.75, 3.05) is 0 Å². The van der Waals surface area contributed by atoms with Crippen LogP contribution in [0.4, 0.5) is 0 Å². The predicted molar refractivity (Wildman–Crippen MR) is 62.4 cm³/mol. The summed E-state index contributed by atoms with van der Waals surface area (Å²) in [7, 11) is 0. The van der Waals surface area contributed by atoms with Gasteiger partial charge in [0.25, 0.3) is 0 Å². The zero-order chi connectivity index (χ0) is 11.8. The van der Waals surface area contributed by atoms with Gasteiger partial charge in [0.2, 0.25) is 5.91 Å². The summed E-state index contributed by atoms with van der Waals surface area (Å²) < 4.78 is 0. The Hall–Kier alpha value is -1.76. The van der Waals surface area contributed by atoms with E-state index < -0.39 is 0 Å². The van der Waals surface area contributed by atoms with Gasteiger partial charge >= 0.3 is 0 Å². The molecule has 4 heteroatoms. The van der Waals surface area contributed by atoms with E-state index in [2.05, 4.69) is 21.2 Å². The van der Waals surface area contributed by atoms with E-state index in [4.69, 9.17) is 6.42 Å². The van der Waals surface area contributed by atoms with Crippen LogP contribution in [0.1, 0.15) is 44.5 Å². The Labute approximate surface area is 95.9 Å². The molecular formula is C12H17N3O. The molecule has 0 fully saturated rings. The van der Waals surface area contributed by atoms with Crippen LogP contribution in [0.25, 0.3) is 0 Å². The highest BCUT2D eigenvalue weighted by atomic mass is 16.1. The van der Waals surface area contributed by atoms with E-state index >= 15 is 0 Å². The zero-order valence-electron chi connectivity index (χ0n) is 9.49. The van der Waals surface area contributed by atoms with E-state index in [-0.39, 0.29) is 11.9 Å². The predicted octanol–water partition coefficient (Wildman–Crippen LogP) is 1.78.